The highest BCUT2D eigenvalue weighted by Gasteiger charge is 2.31. The lowest BCUT2D eigenvalue weighted by molar-refractivity contribution is -0.118. The van der Waals surface area contributed by atoms with Crippen LogP contribution in [-0.2, 0) is 11.2 Å². The molecule has 0 bridgehead atoms. The standard InChI is InChI=1S/C18H15NO4S/c20-15(13-4-2-1-3-5-13)11-23-14-8-6-12(7-9-14)10-16-17(21)19-18(22)24-16/h1-9,16H,10-11H2,(H,19,21,22)/t16-/m0/s1. The van der Waals surface area contributed by atoms with Gasteiger partial charge < -0.3 is 4.74 Å². The first-order chi connectivity index (χ1) is 11.6. The summed E-state index contributed by atoms with van der Waals surface area (Å²) in [4.78, 5) is 34.7. The van der Waals surface area contributed by atoms with E-state index in [9.17, 15) is 14.4 Å². The van der Waals surface area contributed by atoms with Crippen molar-refractivity contribution in [3.8, 4) is 5.75 Å². The van der Waals surface area contributed by atoms with Crippen LogP contribution in [0.5, 0.6) is 5.75 Å². The fraction of sp³-hybridized carbons (Fsp3) is 0.167. The molecule has 0 radical (unpaired) electrons. The number of carbonyl (C=O) groups is 3. The molecule has 1 aliphatic rings. The highest BCUT2D eigenvalue weighted by molar-refractivity contribution is 8.15. The van der Waals surface area contributed by atoms with E-state index in [2.05, 4.69) is 5.32 Å². The van der Waals surface area contributed by atoms with E-state index in [0.29, 0.717) is 17.7 Å². The lowest BCUT2D eigenvalue weighted by atomic mass is 10.1. The number of hydrogen-bond acceptors (Lipinski definition) is 5. The SMILES string of the molecule is O=C1NC(=O)[C@H](Cc2ccc(OCC(=O)c3ccccc3)cc2)S1. The van der Waals surface area contributed by atoms with Crippen molar-refractivity contribution < 1.29 is 19.1 Å². The minimum absolute atomic E-state index is 0.0290. The maximum atomic E-state index is 12.0. The minimum atomic E-state index is -0.385. The molecule has 2 aromatic rings. The zero-order chi connectivity index (χ0) is 16.9. The zero-order valence-electron chi connectivity index (χ0n) is 12.7. The number of benzene rings is 2. The first-order valence-electron chi connectivity index (χ1n) is 7.43. The predicted molar refractivity (Wildman–Crippen MR) is 91.3 cm³/mol. The van der Waals surface area contributed by atoms with Crippen molar-refractivity contribution in [2.24, 2.45) is 0 Å². The van der Waals surface area contributed by atoms with Gasteiger partial charge in [-0.25, -0.2) is 0 Å². The van der Waals surface area contributed by atoms with Crippen LogP contribution in [0.15, 0.2) is 54.6 Å². The average molecular weight is 341 g/mol. The third-order valence-electron chi connectivity index (χ3n) is 3.58. The Bertz CT molecular complexity index is 758. The van der Waals surface area contributed by atoms with Crippen LogP contribution in [0, 0.1) is 0 Å². The molecule has 2 amide bonds. The summed E-state index contributed by atoms with van der Waals surface area (Å²) < 4.78 is 5.50. The Morgan fingerprint density at radius 3 is 2.38 bits per heavy atom. The molecule has 1 fully saturated rings. The molecule has 5 nitrogen and oxygen atoms in total. The van der Waals surface area contributed by atoms with Crippen molar-refractivity contribution in [2.75, 3.05) is 6.61 Å². The third kappa shape index (κ3) is 4.02. The molecule has 6 heteroatoms. The molecule has 3 rings (SSSR count). The molecule has 1 saturated heterocycles. The molecule has 0 aromatic heterocycles. The van der Waals surface area contributed by atoms with Gasteiger partial charge in [-0.1, -0.05) is 54.2 Å². The van der Waals surface area contributed by atoms with Gasteiger partial charge in [0.25, 0.3) is 5.24 Å². The number of rotatable bonds is 6. The predicted octanol–water partition coefficient (Wildman–Crippen LogP) is 2.84. The molecule has 24 heavy (non-hydrogen) atoms. The van der Waals surface area contributed by atoms with E-state index in [-0.39, 0.29) is 28.8 Å². The number of amides is 2. The van der Waals surface area contributed by atoms with Crippen LogP contribution in [0.2, 0.25) is 0 Å². The Hall–Kier alpha value is -2.60. The molecule has 122 valence electrons. The number of hydrogen-bond donors (Lipinski definition) is 1. The maximum Gasteiger partial charge on any atom is 0.286 e. The van der Waals surface area contributed by atoms with E-state index in [4.69, 9.17) is 4.74 Å². The Balaban J connectivity index is 1.54. The molecule has 1 heterocycles. The maximum absolute atomic E-state index is 12.0. The van der Waals surface area contributed by atoms with E-state index in [1.807, 2.05) is 30.3 Å². The van der Waals surface area contributed by atoms with Crippen LogP contribution in [0.1, 0.15) is 15.9 Å². The summed E-state index contributed by atoms with van der Waals surface area (Å²) in [6.07, 6.45) is 0.478. The van der Waals surface area contributed by atoms with Gasteiger partial charge in [0.15, 0.2) is 12.4 Å². The van der Waals surface area contributed by atoms with Crippen molar-refractivity contribution in [3.05, 3.63) is 65.7 Å². The van der Waals surface area contributed by atoms with Crippen molar-refractivity contribution in [3.63, 3.8) is 0 Å². The van der Waals surface area contributed by atoms with E-state index in [1.54, 1.807) is 24.3 Å². The van der Waals surface area contributed by atoms with Gasteiger partial charge >= 0.3 is 0 Å². The summed E-state index contributed by atoms with van der Waals surface area (Å²) in [7, 11) is 0. The number of thioether (sulfide) groups is 1. The van der Waals surface area contributed by atoms with Gasteiger partial charge in [0, 0.05) is 5.56 Å². The van der Waals surface area contributed by atoms with Crippen LogP contribution < -0.4 is 10.1 Å². The smallest absolute Gasteiger partial charge is 0.286 e. The van der Waals surface area contributed by atoms with Crippen molar-refractivity contribution in [2.45, 2.75) is 11.7 Å². The van der Waals surface area contributed by atoms with Crippen molar-refractivity contribution in [1.29, 1.82) is 0 Å². The lowest BCUT2D eigenvalue weighted by Crippen LogP contribution is -2.25. The summed E-state index contributed by atoms with van der Waals surface area (Å²) in [6, 6.07) is 16.2. The summed E-state index contributed by atoms with van der Waals surface area (Å²) in [5, 5.41) is 1.58. The van der Waals surface area contributed by atoms with Gasteiger partial charge in [-0.2, -0.15) is 0 Å². The number of ketones is 1. The number of Topliss-reactive ketones (excluding diaryl/α,β-unsaturated/α-hetero) is 1. The van der Waals surface area contributed by atoms with Gasteiger partial charge in [0.2, 0.25) is 5.91 Å². The number of carbonyl (C=O) groups excluding carboxylic acids is 3. The Morgan fingerprint density at radius 2 is 1.75 bits per heavy atom. The lowest BCUT2D eigenvalue weighted by Gasteiger charge is -2.08. The van der Waals surface area contributed by atoms with Crippen LogP contribution >= 0.6 is 11.8 Å². The summed E-state index contributed by atoms with van der Waals surface area (Å²) >= 11 is 1.01. The van der Waals surface area contributed by atoms with E-state index in [0.717, 1.165) is 17.3 Å². The van der Waals surface area contributed by atoms with Gasteiger partial charge in [0.05, 0.1) is 5.25 Å². The summed E-state index contributed by atoms with van der Waals surface area (Å²) in [5.74, 6) is 0.249. The van der Waals surface area contributed by atoms with Gasteiger partial charge in [-0.05, 0) is 24.1 Å². The highest BCUT2D eigenvalue weighted by Crippen LogP contribution is 2.23. The zero-order valence-corrected chi connectivity index (χ0v) is 13.5. The molecular weight excluding hydrogens is 326 g/mol. The van der Waals surface area contributed by atoms with Crippen LogP contribution in [0.3, 0.4) is 0 Å². The number of nitrogens with one attached hydrogen (secondary N) is 1. The average Bonchev–Trinajstić information content (AvgIpc) is 2.92. The third-order valence-corrected chi connectivity index (χ3v) is 4.56. The fourth-order valence-corrected chi connectivity index (χ4v) is 3.18. The van der Waals surface area contributed by atoms with E-state index >= 15 is 0 Å². The number of imide groups is 1. The molecule has 0 spiro atoms. The van der Waals surface area contributed by atoms with Crippen LogP contribution in [-0.4, -0.2) is 28.8 Å². The topological polar surface area (TPSA) is 72.5 Å². The molecule has 2 aromatic carbocycles. The van der Waals surface area contributed by atoms with Crippen molar-refractivity contribution in [1.82, 2.24) is 5.32 Å². The van der Waals surface area contributed by atoms with Crippen molar-refractivity contribution >= 4 is 28.7 Å². The van der Waals surface area contributed by atoms with Crippen LogP contribution in [0.4, 0.5) is 4.79 Å². The monoisotopic (exact) mass is 341 g/mol. The summed E-state index contributed by atoms with van der Waals surface area (Å²) in [5.41, 5.74) is 1.54. The summed E-state index contributed by atoms with van der Waals surface area (Å²) in [6.45, 7) is -0.0290. The van der Waals surface area contributed by atoms with Crippen LogP contribution in [0.25, 0.3) is 0 Å². The highest BCUT2D eigenvalue weighted by atomic mass is 32.2. The van der Waals surface area contributed by atoms with E-state index in [1.165, 1.54) is 0 Å². The quantitative estimate of drug-likeness (QED) is 0.818. The normalized spacial score (nSPS) is 16.8. The van der Waals surface area contributed by atoms with Gasteiger partial charge in [0.1, 0.15) is 5.75 Å². The minimum Gasteiger partial charge on any atom is -0.485 e. The molecule has 0 aliphatic carbocycles. The molecule has 1 N–H and O–H groups in total. The first-order valence-corrected chi connectivity index (χ1v) is 8.31. The Labute approximate surface area is 143 Å². The first kappa shape index (κ1) is 16.3. The molecule has 0 saturated carbocycles. The molecule has 0 unspecified atom stereocenters. The van der Waals surface area contributed by atoms with E-state index < -0.39 is 0 Å². The molecule has 1 atom stereocenters. The molecular formula is C18H15NO4S. The number of ether oxygens (including phenoxy) is 1. The Kier molecular flexibility index (Phi) is 4.96. The molecule has 1 aliphatic heterocycles. The second kappa shape index (κ2) is 7.31. The Morgan fingerprint density at radius 1 is 1.04 bits per heavy atom. The largest absolute Gasteiger partial charge is 0.485 e. The second-order valence-corrected chi connectivity index (χ2v) is 6.48. The fourth-order valence-electron chi connectivity index (χ4n) is 2.32. The van der Waals surface area contributed by atoms with Gasteiger partial charge in [-0.3, -0.25) is 19.7 Å². The van der Waals surface area contributed by atoms with Gasteiger partial charge in [-0.15, -0.1) is 0 Å². The second-order valence-electron chi connectivity index (χ2n) is 5.31.